The van der Waals surface area contributed by atoms with Crippen molar-refractivity contribution in [1.29, 1.82) is 0 Å². The zero-order chi connectivity index (χ0) is 27.7. The minimum absolute atomic E-state index is 0.0465. The van der Waals surface area contributed by atoms with Gasteiger partial charge >= 0.3 is 6.18 Å². The summed E-state index contributed by atoms with van der Waals surface area (Å²) in [7, 11) is -7.93. The van der Waals surface area contributed by atoms with Gasteiger partial charge in [-0.05, 0) is 61.5 Å². The van der Waals surface area contributed by atoms with E-state index in [0.717, 1.165) is 11.0 Å². The Labute approximate surface area is 227 Å². The van der Waals surface area contributed by atoms with Crippen molar-refractivity contribution in [2.24, 2.45) is 0 Å². The minimum atomic E-state index is -4.66. The van der Waals surface area contributed by atoms with Gasteiger partial charge in [0.2, 0.25) is 10.0 Å². The molecule has 1 fully saturated rings. The number of nitrogens with zero attached hydrogens (tertiary/aromatic N) is 2. The van der Waals surface area contributed by atoms with Gasteiger partial charge in [-0.1, -0.05) is 23.4 Å². The van der Waals surface area contributed by atoms with E-state index < -0.39 is 41.7 Å². The van der Waals surface area contributed by atoms with Crippen molar-refractivity contribution in [3.05, 3.63) is 70.9 Å². The van der Waals surface area contributed by atoms with Crippen molar-refractivity contribution in [2.75, 3.05) is 31.0 Å². The smallest absolute Gasteiger partial charge is 0.379 e. The molecule has 15 heteroatoms. The van der Waals surface area contributed by atoms with Crippen LogP contribution in [0.1, 0.15) is 11.3 Å². The van der Waals surface area contributed by atoms with Crippen LogP contribution in [0.25, 0.3) is 0 Å². The average Bonchev–Trinajstić information content (AvgIpc) is 2.85. The van der Waals surface area contributed by atoms with Gasteiger partial charge in [-0.2, -0.15) is 17.5 Å². The van der Waals surface area contributed by atoms with Crippen LogP contribution in [0, 0.1) is 6.92 Å². The number of ether oxygens (including phenoxy) is 1. The maximum absolute atomic E-state index is 12.9. The third-order valence-corrected chi connectivity index (χ3v) is 10.4. The lowest BCUT2D eigenvalue weighted by Gasteiger charge is -2.26. The Bertz CT molecular complexity index is 1540. The molecule has 1 aromatic heterocycles. The molecule has 2 aromatic carbocycles. The van der Waals surface area contributed by atoms with E-state index in [0.29, 0.717) is 49.0 Å². The van der Waals surface area contributed by atoms with Crippen LogP contribution in [0.3, 0.4) is 0 Å². The fourth-order valence-electron chi connectivity index (χ4n) is 3.54. The summed E-state index contributed by atoms with van der Waals surface area (Å²) in [5.41, 5.74) is -0.595. The first kappa shape index (κ1) is 28.6. The van der Waals surface area contributed by atoms with Crippen LogP contribution in [0.15, 0.2) is 74.2 Å². The molecular formula is C23H21ClF3N3O5S3. The van der Waals surface area contributed by atoms with E-state index in [-0.39, 0.29) is 10.7 Å². The number of hydrogen-bond donors (Lipinski definition) is 1. The van der Waals surface area contributed by atoms with Crippen molar-refractivity contribution in [3.63, 3.8) is 0 Å². The van der Waals surface area contributed by atoms with Crippen LogP contribution >= 0.6 is 23.4 Å². The molecule has 0 amide bonds. The molecule has 1 aliphatic heterocycles. The summed E-state index contributed by atoms with van der Waals surface area (Å²) in [4.78, 5) is 5.31. The number of pyridine rings is 1. The molecule has 0 aliphatic carbocycles. The minimum Gasteiger partial charge on any atom is -0.379 e. The quantitative estimate of drug-likeness (QED) is 0.401. The van der Waals surface area contributed by atoms with Gasteiger partial charge < -0.3 is 4.74 Å². The molecule has 0 spiro atoms. The summed E-state index contributed by atoms with van der Waals surface area (Å²) in [5.74, 6) is -0.0465. The molecule has 0 radical (unpaired) electrons. The summed E-state index contributed by atoms with van der Waals surface area (Å²) < 4.78 is 98.4. The molecule has 0 saturated carbocycles. The standard InChI is InChI=1S/C23H21ClF3N3O5S3/c1-15-20(36-17-3-5-18(6-4-17)38(33,34)30-10-12-35-13-11-30)7-9-22(28-15)29-37(31,32)21-8-2-16(14-19(21)24)23(25,26)27/h2-9,14H,10-13H2,1H3,(H,28,29). The number of nitrogens with one attached hydrogen (secondary N) is 1. The molecule has 0 atom stereocenters. The lowest BCUT2D eigenvalue weighted by Crippen LogP contribution is -2.40. The second-order valence-corrected chi connectivity index (χ2v) is 13.2. The summed E-state index contributed by atoms with van der Waals surface area (Å²) in [6, 6.07) is 11.4. The normalized spacial score (nSPS) is 15.4. The van der Waals surface area contributed by atoms with Gasteiger partial charge in [-0.25, -0.2) is 21.8 Å². The van der Waals surface area contributed by atoms with Crippen molar-refractivity contribution in [3.8, 4) is 0 Å². The Morgan fingerprint density at radius 1 is 1.00 bits per heavy atom. The van der Waals surface area contributed by atoms with Gasteiger partial charge in [0.1, 0.15) is 10.7 Å². The highest BCUT2D eigenvalue weighted by Gasteiger charge is 2.32. The van der Waals surface area contributed by atoms with Crippen LogP contribution in [-0.4, -0.2) is 52.4 Å². The summed E-state index contributed by atoms with van der Waals surface area (Å²) in [6.07, 6.45) is -4.66. The van der Waals surface area contributed by atoms with E-state index in [1.54, 1.807) is 25.1 Å². The van der Waals surface area contributed by atoms with E-state index in [9.17, 15) is 30.0 Å². The van der Waals surface area contributed by atoms with E-state index in [1.807, 2.05) is 0 Å². The molecule has 38 heavy (non-hydrogen) atoms. The van der Waals surface area contributed by atoms with Crippen LogP contribution < -0.4 is 4.72 Å². The fraction of sp³-hybridized carbons (Fsp3) is 0.261. The lowest BCUT2D eigenvalue weighted by molar-refractivity contribution is -0.137. The highest BCUT2D eigenvalue weighted by atomic mass is 35.5. The molecule has 0 unspecified atom stereocenters. The molecule has 0 bridgehead atoms. The number of aromatic nitrogens is 1. The maximum Gasteiger partial charge on any atom is 0.416 e. The number of alkyl halides is 3. The molecule has 1 N–H and O–H groups in total. The monoisotopic (exact) mass is 607 g/mol. The Kier molecular flexibility index (Phi) is 8.31. The Balaban J connectivity index is 1.47. The van der Waals surface area contributed by atoms with E-state index in [2.05, 4.69) is 9.71 Å². The van der Waals surface area contributed by atoms with E-state index >= 15 is 0 Å². The average molecular weight is 608 g/mol. The van der Waals surface area contributed by atoms with E-state index in [1.165, 1.54) is 34.3 Å². The second-order valence-electron chi connectivity index (χ2n) is 8.12. The number of hydrogen-bond acceptors (Lipinski definition) is 7. The van der Waals surface area contributed by atoms with Crippen LogP contribution in [-0.2, 0) is 31.0 Å². The van der Waals surface area contributed by atoms with Gasteiger partial charge in [-0.15, -0.1) is 0 Å². The molecule has 3 aromatic rings. The van der Waals surface area contributed by atoms with Crippen molar-refractivity contribution in [1.82, 2.24) is 9.29 Å². The predicted molar refractivity (Wildman–Crippen MR) is 136 cm³/mol. The third-order valence-electron chi connectivity index (χ3n) is 5.48. The Morgan fingerprint density at radius 2 is 1.66 bits per heavy atom. The van der Waals surface area contributed by atoms with E-state index in [4.69, 9.17) is 16.3 Å². The van der Waals surface area contributed by atoms with Crippen LogP contribution in [0.5, 0.6) is 0 Å². The Morgan fingerprint density at radius 3 is 2.24 bits per heavy atom. The lowest BCUT2D eigenvalue weighted by atomic mass is 10.2. The second kappa shape index (κ2) is 11.0. The van der Waals surface area contributed by atoms with Crippen molar-refractivity contribution < 1.29 is 34.7 Å². The SMILES string of the molecule is Cc1nc(NS(=O)(=O)c2ccc(C(F)(F)F)cc2Cl)ccc1Sc1ccc(S(=O)(=O)N2CCOCC2)cc1. The molecule has 8 nitrogen and oxygen atoms in total. The van der Waals surface area contributed by atoms with Crippen LogP contribution in [0.4, 0.5) is 19.0 Å². The molecular weight excluding hydrogens is 587 g/mol. The summed E-state index contributed by atoms with van der Waals surface area (Å²) >= 11 is 7.13. The first-order chi connectivity index (χ1) is 17.8. The zero-order valence-electron chi connectivity index (χ0n) is 19.7. The number of benzene rings is 2. The topological polar surface area (TPSA) is 106 Å². The molecule has 4 rings (SSSR count). The van der Waals surface area contributed by atoms with Gasteiger partial charge in [0.25, 0.3) is 10.0 Å². The Hall–Kier alpha value is -2.36. The van der Waals surface area contributed by atoms with Gasteiger partial charge in [0, 0.05) is 22.9 Å². The first-order valence-electron chi connectivity index (χ1n) is 11.0. The van der Waals surface area contributed by atoms with Gasteiger partial charge in [0.15, 0.2) is 0 Å². The number of halogens is 4. The van der Waals surface area contributed by atoms with Gasteiger partial charge in [-0.3, -0.25) is 4.72 Å². The number of sulfonamides is 2. The highest BCUT2D eigenvalue weighted by Crippen LogP contribution is 2.35. The molecule has 2 heterocycles. The molecule has 1 aliphatic rings. The van der Waals surface area contributed by atoms with Crippen molar-refractivity contribution >= 4 is 49.2 Å². The maximum atomic E-state index is 12.9. The number of morpholine rings is 1. The number of aryl methyl sites for hydroxylation is 1. The third kappa shape index (κ3) is 6.43. The first-order valence-corrected chi connectivity index (χ1v) is 15.1. The predicted octanol–water partition coefficient (Wildman–Crippen LogP) is 5.04. The van der Waals surface area contributed by atoms with Gasteiger partial charge in [0.05, 0.1) is 34.4 Å². The fourth-order valence-corrected chi connectivity index (χ4v) is 7.35. The number of anilines is 1. The highest BCUT2D eigenvalue weighted by molar-refractivity contribution is 7.99. The zero-order valence-corrected chi connectivity index (χ0v) is 22.9. The number of rotatable bonds is 7. The summed E-state index contributed by atoms with van der Waals surface area (Å²) in [5, 5.41) is -0.574. The van der Waals surface area contributed by atoms with Crippen LogP contribution in [0.2, 0.25) is 5.02 Å². The molecule has 1 saturated heterocycles. The van der Waals surface area contributed by atoms with Crippen molar-refractivity contribution in [2.45, 2.75) is 32.7 Å². The summed E-state index contributed by atoms with van der Waals surface area (Å²) in [6.45, 7) is 2.95. The largest absolute Gasteiger partial charge is 0.416 e. The molecule has 204 valence electrons.